The SMILES string of the molecule is C[C@@H](CCC1CC(C=O)C(NC(=O)C2CCCN2C(=O)c2ccc3c(c2)B(O)OC3)C1)NO. The molecule has 0 radical (unpaired) electrons. The van der Waals surface area contributed by atoms with Crippen LogP contribution < -0.4 is 16.3 Å². The van der Waals surface area contributed by atoms with E-state index in [2.05, 4.69) is 10.8 Å². The molecule has 10 heteroatoms. The van der Waals surface area contributed by atoms with E-state index in [-0.39, 0.29) is 29.8 Å². The second kappa shape index (κ2) is 10.3. The van der Waals surface area contributed by atoms with Crippen LogP contribution in [0, 0.1) is 11.8 Å². The van der Waals surface area contributed by atoms with E-state index in [1.165, 1.54) is 0 Å². The van der Waals surface area contributed by atoms with Crippen LogP contribution in [-0.2, 0) is 20.9 Å². The van der Waals surface area contributed by atoms with Gasteiger partial charge in [0.05, 0.1) is 6.61 Å². The molecule has 0 bridgehead atoms. The number of nitrogens with one attached hydrogen (secondary N) is 2. The van der Waals surface area contributed by atoms with Crippen LogP contribution >= 0.6 is 0 Å². The Balaban J connectivity index is 1.39. The molecule has 1 aromatic rings. The molecule has 0 aromatic heterocycles. The average molecular weight is 457 g/mol. The Hall–Kier alpha value is -2.27. The summed E-state index contributed by atoms with van der Waals surface area (Å²) in [5.74, 6) is -0.382. The number of aldehydes is 1. The number of nitrogens with zero attached hydrogens (tertiary/aromatic N) is 1. The number of hydrogen-bond acceptors (Lipinski definition) is 7. The van der Waals surface area contributed by atoms with Crippen molar-refractivity contribution in [3.05, 3.63) is 29.3 Å². The maximum absolute atomic E-state index is 13.2. The number of fused-ring (bicyclic) bond motifs is 1. The molecule has 2 heterocycles. The van der Waals surface area contributed by atoms with Gasteiger partial charge >= 0.3 is 7.12 Å². The Morgan fingerprint density at radius 2 is 2.18 bits per heavy atom. The van der Waals surface area contributed by atoms with E-state index in [0.717, 1.165) is 44.0 Å². The summed E-state index contributed by atoms with van der Waals surface area (Å²) in [4.78, 5) is 39.6. The standard InChI is InChI=1S/C23H32BN3O6/c1-14(26-32)4-5-15-9-18(12-28)20(10-15)25-22(29)21-3-2-8-27(21)23(30)16-6-7-17-13-33-24(31)19(17)11-16/h6-7,11-12,14-15,18,20-21,26,31-32H,2-5,8-10,13H2,1H3,(H,25,29)/t14-,15?,18?,20?,21?/m0/s1. The van der Waals surface area contributed by atoms with Crippen molar-refractivity contribution in [3.8, 4) is 0 Å². The van der Waals surface area contributed by atoms with Gasteiger partial charge in [-0.25, -0.2) is 5.48 Å². The first-order valence-electron chi connectivity index (χ1n) is 11.8. The second-order valence-corrected chi connectivity index (χ2v) is 9.59. The molecule has 33 heavy (non-hydrogen) atoms. The lowest BCUT2D eigenvalue weighted by molar-refractivity contribution is -0.126. The average Bonchev–Trinajstić information content (AvgIpc) is 3.55. The predicted octanol–water partition coefficient (Wildman–Crippen LogP) is 0.366. The van der Waals surface area contributed by atoms with E-state index in [4.69, 9.17) is 9.86 Å². The fourth-order valence-corrected chi connectivity index (χ4v) is 5.36. The minimum absolute atomic E-state index is 0.0155. The van der Waals surface area contributed by atoms with Crippen molar-refractivity contribution in [3.63, 3.8) is 0 Å². The first-order chi connectivity index (χ1) is 15.9. The Labute approximate surface area is 194 Å². The van der Waals surface area contributed by atoms with E-state index in [0.29, 0.717) is 36.5 Å². The predicted molar refractivity (Wildman–Crippen MR) is 121 cm³/mol. The molecule has 1 aromatic carbocycles. The first kappa shape index (κ1) is 23.9. The maximum atomic E-state index is 13.2. The normalized spacial score (nSPS) is 27.5. The Kier molecular flexibility index (Phi) is 7.48. The van der Waals surface area contributed by atoms with Crippen LogP contribution in [0.25, 0.3) is 0 Å². The van der Waals surface area contributed by atoms with Gasteiger partial charge in [-0.15, -0.1) is 0 Å². The van der Waals surface area contributed by atoms with Crippen LogP contribution in [0.5, 0.6) is 0 Å². The summed E-state index contributed by atoms with van der Waals surface area (Å²) in [6.07, 6.45) is 5.34. The quantitative estimate of drug-likeness (QED) is 0.252. The Morgan fingerprint density at radius 1 is 1.36 bits per heavy atom. The minimum Gasteiger partial charge on any atom is -0.423 e. The zero-order chi connectivity index (χ0) is 23.5. The van der Waals surface area contributed by atoms with Crippen molar-refractivity contribution in [1.29, 1.82) is 0 Å². The van der Waals surface area contributed by atoms with Crippen LogP contribution in [0.3, 0.4) is 0 Å². The van der Waals surface area contributed by atoms with Gasteiger partial charge in [-0.3, -0.25) is 9.59 Å². The molecule has 0 spiro atoms. The van der Waals surface area contributed by atoms with Gasteiger partial charge in [-0.2, -0.15) is 0 Å². The summed E-state index contributed by atoms with van der Waals surface area (Å²) in [7, 11) is -1.03. The highest BCUT2D eigenvalue weighted by atomic mass is 16.5. The summed E-state index contributed by atoms with van der Waals surface area (Å²) in [5.41, 5.74) is 4.12. The molecule has 4 rings (SSSR count). The van der Waals surface area contributed by atoms with E-state index in [9.17, 15) is 19.4 Å². The molecule has 2 fully saturated rings. The van der Waals surface area contributed by atoms with Crippen LogP contribution in [-0.4, -0.2) is 65.0 Å². The molecule has 9 nitrogen and oxygen atoms in total. The summed E-state index contributed by atoms with van der Waals surface area (Å²) in [5, 5.41) is 22.0. The van der Waals surface area contributed by atoms with E-state index >= 15 is 0 Å². The van der Waals surface area contributed by atoms with Gasteiger partial charge in [-0.05, 0) is 74.5 Å². The number of carbonyl (C=O) groups is 3. The molecule has 2 aliphatic heterocycles. The van der Waals surface area contributed by atoms with E-state index in [1.807, 2.05) is 6.92 Å². The van der Waals surface area contributed by atoms with Crippen LogP contribution in [0.15, 0.2) is 18.2 Å². The number of hydrogen-bond donors (Lipinski definition) is 4. The fourth-order valence-electron chi connectivity index (χ4n) is 5.36. The molecule has 1 aliphatic carbocycles. The lowest BCUT2D eigenvalue weighted by atomic mass is 9.78. The summed E-state index contributed by atoms with van der Waals surface area (Å²) in [6.45, 7) is 2.70. The number of amides is 2. The van der Waals surface area contributed by atoms with Crippen molar-refractivity contribution in [2.24, 2.45) is 11.8 Å². The molecule has 4 N–H and O–H groups in total. The Bertz CT molecular complexity index is 899. The van der Waals surface area contributed by atoms with E-state index < -0.39 is 13.2 Å². The molecule has 4 unspecified atom stereocenters. The van der Waals surface area contributed by atoms with Crippen LogP contribution in [0.1, 0.15) is 61.4 Å². The molecule has 5 atom stereocenters. The van der Waals surface area contributed by atoms with Crippen molar-refractivity contribution < 1.29 is 29.3 Å². The second-order valence-electron chi connectivity index (χ2n) is 9.59. The number of likely N-dealkylation sites (tertiary alicyclic amines) is 1. The zero-order valence-corrected chi connectivity index (χ0v) is 18.9. The molecular weight excluding hydrogens is 425 g/mol. The molecule has 1 saturated heterocycles. The van der Waals surface area contributed by atoms with Crippen LogP contribution in [0.2, 0.25) is 0 Å². The molecule has 2 amide bonds. The van der Waals surface area contributed by atoms with Gasteiger partial charge in [0, 0.05) is 30.1 Å². The fraction of sp³-hybridized carbons (Fsp3) is 0.609. The van der Waals surface area contributed by atoms with Gasteiger partial charge in [0.2, 0.25) is 5.91 Å². The van der Waals surface area contributed by atoms with Crippen molar-refractivity contribution >= 4 is 30.7 Å². The molecular formula is C23H32BN3O6. The number of carbonyl (C=O) groups excluding carboxylic acids is 3. The monoisotopic (exact) mass is 457 g/mol. The van der Waals surface area contributed by atoms with Gasteiger partial charge in [0.15, 0.2) is 0 Å². The maximum Gasteiger partial charge on any atom is 0.491 e. The third-order valence-corrected chi connectivity index (χ3v) is 7.31. The molecule has 3 aliphatic rings. The van der Waals surface area contributed by atoms with Crippen molar-refractivity contribution in [2.75, 3.05) is 6.54 Å². The largest absolute Gasteiger partial charge is 0.491 e. The smallest absolute Gasteiger partial charge is 0.423 e. The summed E-state index contributed by atoms with van der Waals surface area (Å²) in [6, 6.07) is 4.32. The van der Waals surface area contributed by atoms with Gasteiger partial charge in [0.1, 0.15) is 12.3 Å². The van der Waals surface area contributed by atoms with Crippen LogP contribution in [0.4, 0.5) is 0 Å². The van der Waals surface area contributed by atoms with Gasteiger partial charge in [0.25, 0.3) is 5.91 Å². The van der Waals surface area contributed by atoms with E-state index in [1.54, 1.807) is 23.1 Å². The highest BCUT2D eigenvalue weighted by molar-refractivity contribution is 6.61. The highest BCUT2D eigenvalue weighted by Crippen LogP contribution is 2.34. The first-order valence-corrected chi connectivity index (χ1v) is 11.8. The third kappa shape index (κ3) is 5.14. The number of hydroxylamine groups is 1. The summed E-state index contributed by atoms with van der Waals surface area (Å²) < 4.78 is 5.21. The highest BCUT2D eigenvalue weighted by Gasteiger charge is 2.40. The van der Waals surface area contributed by atoms with Crippen molar-refractivity contribution in [1.82, 2.24) is 15.7 Å². The van der Waals surface area contributed by atoms with Crippen molar-refractivity contribution in [2.45, 2.75) is 70.2 Å². The number of rotatable bonds is 8. The molecule has 178 valence electrons. The summed E-state index contributed by atoms with van der Waals surface area (Å²) >= 11 is 0. The minimum atomic E-state index is -1.03. The molecule has 1 saturated carbocycles. The van der Waals surface area contributed by atoms with Gasteiger partial charge < -0.3 is 29.9 Å². The van der Waals surface area contributed by atoms with Gasteiger partial charge in [-0.1, -0.05) is 6.07 Å². The lowest BCUT2D eigenvalue weighted by Crippen LogP contribution is -2.50. The number of benzene rings is 1. The third-order valence-electron chi connectivity index (χ3n) is 7.31. The lowest BCUT2D eigenvalue weighted by Gasteiger charge is -2.26. The topological polar surface area (TPSA) is 128 Å². The Morgan fingerprint density at radius 3 is 2.94 bits per heavy atom. The zero-order valence-electron chi connectivity index (χ0n) is 18.9.